The first kappa shape index (κ1) is 20.1. The number of hydrogen-bond donors (Lipinski definition) is 1. The number of nitrogens with zero attached hydrogens (tertiary/aromatic N) is 2. The predicted molar refractivity (Wildman–Crippen MR) is 115 cm³/mol. The van der Waals surface area contributed by atoms with E-state index in [4.69, 9.17) is 9.47 Å². The lowest BCUT2D eigenvalue weighted by Crippen LogP contribution is -2.42. The van der Waals surface area contributed by atoms with Crippen molar-refractivity contribution >= 4 is 23.2 Å². The van der Waals surface area contributed by atoms with Gasteiger partial charge in [-0.25, -0.2) is 0 Å². The zero-order chi connectivity index (χ0) is 21.1. The maximum atomic E-state index is 12.7. The molecule has 0 saturated carbocycles. The lowest BCUT2D eigenvalue weighted by Gasteiger charge is -2.27. The number of hydrogen-bond acceptors (Lipinski definition) is 5. The van der Waals surface area contributed by atoms with E-state index in [9.17, 15) is 9.59 Å². The van der Waals surface area contributed by atoms with E-state index in [1.165, 1.54) is 0 Å². The monoisotopic (exact) mass is 409 g/mol. The third kappa shape index (κ3) is 4.20. The van der Waals surface area contributed by atoms with Crippen molar-refractivity contribution in [1.29, 1.82) is 0 Å². The zero-order valence-electron chi connectivity index (χ0n) is 17.3. The average Bonchev–Trinajstić information content (AvgIpc) is 3.18. The van der Waals surface area contributed by atoms with Gasteiger partial charge in [-0.15, -0.1) is 0 Å². The summed E-state index contributed by atoms with van der Waals surface area (Å²) in [5.74, 6) is 0.817. The van der Waals surface area contributed by atoms with E-state index in [2.05, 4.69) is 17.1 Å². The van der Waals surface area contributed by atoms with Crippen LogP contribution >= 0.6 is 0 Å². The topological polar surface area (TPSA) is 71.1 Å². The molecule has 158 valence electrons. The molecule has 7 nitrogen and oxygen atoms in total. The Labute approximate surface area is 176 Å². The highest BCUT2D eigenvalue weighted by molar-refractivity contribution is 6.00. The van der Waals surface area contributed by atoms with Crippen LogP contribution in [-0.2, 0) is 9.59 Å². The molecule has 0 bridgehead atoms. The molecule has 2 amide bonds. The van der Waals surface area contributed by atoms with Gasteiger partial charge in [0.25, 0.3) is 0 Å². The number of ether oxygens (including phenoxy) is 2. The Morgan fingerprint density at radius 3 is 2.67 bits per heavy atom. The summed E-state index contributed by atoms with van der Waals surface area (Å²) < 4.78 is 11.1. The number of nitrogens with one attached hydrogen (secondary N) is 1. The summed E-state index contributed by atoms with van der Waals surface area (Å²) in [6.45, 7) is 3.96. The summed E-state index contributed by atoms with van der Waals surface area (Å²) in [7, 11) is 2.01. The van der Waals surface area contributed by atoms with Crippen molar-refractivity contribution in [1.82, 2.24) is 5.32 Å². The number of benzene rings is 2. The van der Waals surface area contributed by atoms with E-state index < -0.39 is 0 Å². The second-order valence-electron chi connectivity index (χ2n) is 7.77. The van der Waals surface area contributed by atoms with Gasteiger partial charge in [0.15, 0.2) is 11.5 Å². The van der Waals surface area contributed by atoms with Crippen LogP contribution in [0.4, 0.5) is 11.4 Å². The summed E-state index contributed by atoms with van der Waals surface area (Å²) in [5, 5.41) is 3.01. The van der Waals surface area contributed by atoms with Gasteiger partial charge >= 0.3 is 0 Å². The molecule has 4 rings (SSSR count). The first-order chi connectivity index (χ1) is 14.5. The predicted octanol–water partition coefficient (Wildman–Crippen LogP) is 2.45. The third-order valence-electron chi connectivity index (χ3n) is 5.73. The molecule has 2 aromatic carbocycles. The van der Waals surface area contributed by atoms with Crippen LogP contribution in [0.1, 0.15) is 13.3 Å². The van der Waals surface area contributed by atoms with Crippen LogP contribution < -0.4 is 24.6 Å². The van der Waals surface area contributed by atoms with Crippen molar-refractivity contribution in [3.8, 4) is 11.5 Å². The highest BCUT2D eigenvalue weighted by Gasteiger charge is 2.35. The molecule has 7 heteroatoms. The molecule has 0 aromatic heterocycles. The molecule has 2 aliphatic rings. The summed E-state index contributed by atoms with van der Waals surface area (Å²) in [4.78, 5) is 29.0. The molecule has 2 unspecified atom stereocenters. The Bertz CT molecular complexity index is 918. The maximum absolute atomic E-state index is 12.7. The fraction of sp³-hybridized carbons (Fsp3) is 0.391. The van der Waals surface area contributed by atoms with Gasteiger partial charge in [0.1, 0.15) is 13.2 Å². The van der Waals surface area contributed by atoms with Crippen LogP contribution in [0.2, 0.25) is 0 Å². The van der Waals surface area contributed by atoms with E-state index in [-0.39, 0.29) is 30.2 Å². The van der Waals surface area contributed by atoms with E-state index in [1.54, 1.807) is 4.90 Å². The van der Waals surface area contributed by atoms with E-state index in [0.29, 0.717) is 37.8 Å². The molecule has 1 saturated heterocycles. The number of para-hydroxylation sites is 1. The van der Waals surface area contributed by atoms with Crippen LogP contribution in [0.3, 0.4) is 0 Å². The highest BCUT2D eigenvalue weighted by atomic mass is 16.6. The molecule has 0 spiro atoms. The number of rotatable bonds is 6. The number of amides is 2. The second kappa shape index (κ2) is 8.65. The van der Waals surface area contributed by atoms with Crippen molar-refractivity contribution in [3.05, 3.63) is 48.5 Å². The standard InChI is InChI=1S/C23H27N3O4/c1-16(25(2)18-6-4-3-5-7-18)14-24-23(28)17-12-22(27)26(15-17)19-8-9-20-21(13-19)30-11-10-29-20/h3-9,13,16-17H,10-12,14-15H2,1-2H3,(H,24,28). The minimum Gasteiger partial charge on any atom is -0.486 e. The number of carbonyl (C=O) groups excluding carboxylic acids is 2. The molecule has 2 aromatic rings. The maximum Gasteiger partial charge on any atom is 0.227 e. The van der Waals surface area contributed by atoms with Crippen LogP contribution in [0.15, 0.2) is 48.5 Å². The van der Waals surface area contributed by atoms with E-state index in [0.717, 1.165) is 11.4 Å². The lowest BCUT2D eigenvalue weighted by atomic mass is 10.1. The Kier molecular flexibility index (Phi) is 5.79. The molecule has 2 heterocycles. The van der Waals surface area contributed by atoms with Gasteiger partial charge < -0.3 is 24.6 Å². The van der Waals surface area contributed by atoms with Crippen molar-refractivity contribution < 1.29 is 19.1 Å². The molecule has 1 fully saturated rings. The highest BCUT2D eigenvalue weighted by Crippen LogP contribution is 2.36. The largest absolute Gasteiger partial charge is 0.486 e. The molecule has 1 N–H and O–H groups in total. The van der Waals surface area contributed by atoms with Gasteiger partial charge in [0.05, 0.1) is 5.92 Å². The van der Waals surface area contributed by atoms with Gasteiger partial charge in [0.2, 0.25) is 11.8 Å². The number of fused-ring (bicyclic) bond motifs is 1. The third-order valence-corrected chi connectivity index (χ3v) is 5.73. The van der Waals surface area contributed by atoms with Gasteiger partial charge in [-0.1, -0.05) is 18.2 Å². The average molecular weight is 409 g/mol. The smallest absolute Gasteiger partial charge is 0.227 e. The molecular weight excluding hydrogens is 382 g/mol. The Hall–Kier alpha value is -3.22. The minimum absolute atomic E-state index is 0.0544. The second-order valence-corrected chi connectivity index (χ2v) is 7.77. The van der Waals surface area contributed by atoms with Crippen molar-refractivity contribution in [3.63, 3.8) is 0 Å². The molecule has 30 heavy (non-hydrogen) atoms. The van der Waals surface area contributed by atoms with E-state index >= 15 is 0 Å². The molecule has 0 aliphatic carbocycles. The molecule has 2 aliphatic heterocycles. The fourth-order valence-corrected chi connectivity index (χ4v) is 3.78. The Morgan fingerprint density at radius 1 is 1.17 bits per heavy atom. The molecule has 0 radical (unpaired) electrons. The van der Waals surface area contributed by atoms with Crippen LogP contribution in [-0.4, -0.2) is 51.2 Å². The molecule has 2 atom stereocenters. The summed E-state index contributed by atoms with van der Waals surface area (Å²) in [6.07, 6.45) is 0.211. The first-order valence-electron chi connectivity index (χ1n) is 10.3. The van der Waals surface area contributed by atoms with Crippen LogP contribution in [0, 0.1) is 5.92 Å². The minimum atomic E-state index is -0.361. The Morgan fingerprint density at radius 2 is 1.90 bits per heavy atom. The Balaban J connectivity index is 1.34. The fourth-order valence-electron chi connectivity index (χ4n) is 3.78. The van der Waals surface area contributed by atoms with Crippen LogP contribution in [0.25, 0.3) is 0 Å². The van der Waals surface area contributed by atoms with Gasteiger partial charge in [-0.05, 0) is 31.2 Å². The SMILES string of the molecule is CC(CNC(=O)C1CC(=O)N(c2ccc3c(c2)OCCO3)C1)N(C)c1ccccc1. The van der Waals surface area contributed by atoms with Crippen molar-refractivity contribution in [2.24, 2.45) is 5.92 Å². The van der Waals surface area contributed by atoms with Gasteiger partial charge in [-0.2, -0.15) is 0 Å². The quantitative estimate of drug-likeness (QED) is 0.794. The number of carbonyl (C=O) groups is 2. The molecular formula is C23H27N3O4. The van der Waals surface area contributed by atoms with Crippen molar-refractivity contribution in [2.45, 2.75) is 19.4 Å². The zero-order valence-corrected chi connectivity index (χ0v) is 17.3. The van der Waals surface area contributed by atoms with Crippen molar-refractivity contribution in [2.75, 3.05) is 43.2 Å². The van der Waals surface area contributed by atoms with Gasteiger partial charge in [0, 0.05) is 50.0 Å². The first-order valence-corrected chi connectivity index (χ1v) is 10.3. The van der Waals surface area contributed by atoms with E-state index in [1.807, 2.05) is 55.6 Å². The number of likely N-dealkylation sites (N-methyl/N-ethyl adjacent to an activating group) is 1. The van der Waals surface area contributed by atoms with Crippen LogP contribution in [0.5, 0.6) is 11.5 Å². The number of anilines is 2. The summed E-state index contributed by atoms with van der Waals surface area (Å²) >= 11 is 0. The lowest BCUT2D eigenvalue weighted by molar-refractivity contribution is -0.126. The normalized spacial score (nSPS) is 18.8. The van der Waals surface area contributed by atoms with Gasteiger partial charge in [-0.3, -0.25) is 9.59 Å². The summed E-state index contributed by atoms with van der Waals surface area (Å²) in [6, 6.07) is 15.6. The summed E-state index contributed by atoms with van der Waals surface area (Å²) in [5.41, 5.74) is 1.83.